The van der Waals surface area contributed by atoms with Crippen molar-refractivity contribution in [2.24, 2.45) is 0 Å². The van der Waals surface area contributed by atoms with E-state index < -0.39 is 5.97 Å². The van der Waals surface area contributed by atoms with Crippen LogP contribution in [-0.4, -0.2) is 16.2 Å². The van der Waals surface area contributed by atoms with E-state index in [-0.39, 0.29) is 23.7 Å². The van der Waals surface area contributed by atoms with Crippen LogP contribution >= 0.6 is 0 Å². The highest BCUT2D eigenvalue weighted by Crippen LogP contribution is 2.36. The number of carbonyl (C=O) groups excluding carboxylic acids is 1. The molecule has 0 radical (unpaired) electrons. The molecule has 0 spiro atoms. The Balaban J connectivity index is 1.91. The number of benzene rings is 3. The molecule has 0 fully saturated rings. The number of phenolic OH excluding ortho intramolecular Hbond substituents is 2. The van der Waals surface area contributed by atoms with Crippen LogP contribution in [0.5, 0.6) is 11.5 Å². The Labute approximate surface area is 133 Å². The van der Waals surface area contributed by atoms with Gasteiger partial charge in [0.2, 0.25) is 0 Å². The van der Waals surface area contributed by atoms with Crippen LogP contribution in [-0.2, 0) is 11.3 Å². The quantitative estimate of drug-likeness (QED) is 0.568. The Morgan fingerprint density at radius 1 is 1.00 bits per heavy atom. The highest BCUT2D eigenvalue weighted by Gasteiger charge is 2.18. The van der Waals surface area contributed by atoms with Crippen LogP contribution in [0.25, 0.3) is 10.8 Å². The van der Waals surface area contributed by atoms with E-state index in [4.69, 9.17) is 4.74 Å². The van der Waals surface area contributed by atoms with Crippen molar-refractivity contribution in [3.63, 3.8) is 0 Å². The summed E-state index contributed by atoms with van der Waals surface area (Å²) in [5, 5.41) is 21.4. The molecule has 2 N–H and O–H groups in total. The van der Waals surface area contributed by atoms with Gasteiger partial charge in [0.25, 0.3) is 0 Å². The first kappa shape index (κ1) is 14.9. The molecular formula is C19H16O4. The Morgan fingerprint density at radius 2 is 1.74 bits per heavy atom. The first-order valence-electron chi connectivity index (χ1n) is 7.22. The van der Waals surface area contributed by atoms with Gasteiger partial charge in [-0.05, 0) is 24.6 Å². The van der Waals surface area contributed by atoms with E-state index in [2.05, 4.69) is 0 Å². The molecule has 116 valence electrons. The minimum Gasteiger partial charge on any atom is -0.507 e. The largest absolute Gasteiger partial charge is 0.507 e. The van der Waals surface area contributed by atoms with Gasteiger partial charge in [-0.1, -0.05) is 48.0 Å². The molecule has 0 saturated carbocycles. The number of esters is 1. The average Bonchev–Trinajstić information content (AvgIpc) is 2.57. The Morgan fingerprint density at radius 3 is 2.48 bits per heavy atom. The van der Waals surface area contributed by atoms with Gasteiger partial charge in [-0.2, -0.15) is 0 Å². The number of hydrogen-bond acceptors (Lipinski definition) is 4. The van der Waals surface area contributed by atoms with Crippen molar-refractivity contribution in [1.29, 1.82) is 0 Å². The molecule has 0 bridgehead atoms. The first-order chi connectivity index (χ1) is 11.1. The van der Waals surface area contributed by atoms with Crippen molar-refractivity contribution < 1.29 is 19.7 Å². The minimum absolute atomic E-state index is 0.0465. The fourth-order valence-corrected chi connectivity index (χ4v) is 2.46. The summed E-state index contributed by atoms with van der Waals surface area (Å²) >= 11 is 0. The maximum absolute atomic E-state index is 12.2. The standard InChI is InChI=1S/C19H16O4/c1-12-7-8-14-15(9-12)17(20)10-16(18(14)21)19(22)23-11-13-5-3-2-4-6-13/h2-10,20-21H,11H2,1H3. The molecule has 0 aromatic heterocycles. The third-order valence-electron chi connectivity index (χ3n) is 3.67. The number of ether oxygens (including phenoxy) is 1. The second kappa shape index (κ2) is 6.01. The van der Waals surface area contributed by atoms with Crippen LogP contribution in [0.1, 0.15) is 21.5 Å². The van der Waals surface area contributed by atoms with Gasteiger partial charge in [-0.3, -0.25) is 0 Å². The van der Waals surface area contributed by atoms with E-state index in [1.54, 1.807) is 18.2 Å². The second-order valence-corrected chi connectivity index (χ2v) is 5.40. The molecule has 0 heterocycles. The van der Waals surface area contributed by atoms with Gasteiger partial charge >= 0.3 is 5.97 Å². The van der Waals surface area contributed by atoms with Gasteiger partial charge in [0.1, 0.15) is 23.7 Å². The fraction of sp³-hybridized carbons (Fsp3) is 0.105. The number of rotatable bonds is 3. The van der Waals surface area contributed by atoms with Crippen LogP contribution in [0.2, 0.25) is 0 Å². The summed E-state index contributed by atoms with van der Waals surface area (Å²) in [7, 11) is 0. The summed E-state index contributed by atoms with van der Waals surface area (Å²) < 4.78 is 5.21. The molecule has 0 amide bonds. The van der Waals surface area contributed by atoms with E-state index in [1.165, 1.54) is 6.07 Å². The minimum atomic E-state index is -0.677. The van der Waals surface area contributed by atoms with Crippen molar-refractivity contribution >= 4 is 16.7 Å². The topological polar surface area (TPSA) is 66.8 Å². The van der Waals surface area contributed by atoms with E-state index in [0.29, 0.717) is 10.8 Å². The summed E-state index contributed by atoms with van der Waals surface area (Å²) in [5.41, 5.74) is 1.75. The monoisotopic (exact) mass is 308 g/mol. The molecule has 0 atom stereocenters. The van der Waals surface area contributed by atoms with E-state index in [1.807, 2.05) is 37.3 Å². The predicted octanol–water partition coefficient (Wildman–Crippen LogP) is 3.92. The van der Waals surface area contributed by atoms with Gasteiger partial charge in [0.15, 0.2) is 0 Å². The molecular weight excluding hydrogens is 292 g/mol. The zero-order chi connectivity index (χ0) is 16.4. The summed E-state index contributed by atoms with van der Waals surface area (Å²) in [6.45, 7) is 1.99. The van der Waals surface area contributed by atoms with E-state index >= 15 is 0 Å². The SMILES string of the molecule is Cc1ccc2c(O)c(C(=O)OCc3ccccc3)cc(O)c2c1. The van der Waals surface area contributed by atoms with Crippen LogP contribution in [0.4, 0.5) is 0 Å². The number of carbonyl (C=O) groups is 1. The lowest BCUT2D eigenvalue weighted by Gasteiger charge is -2.10. The molecule has 0 aliphatic carbocycles. The van der Waals surface area contributed by atoms with Crippen LogP contribution < -0.4 is 0 Å². The van der Waals surface area contributed by atoms with Crippen LogP contribution in [0, 0.1) is 6.92 Å². The molecule has 0 saturated heterocycles. The lowest BCUT2D eigenvalue weighted by molar-refractivity contribution is 0.0469. The molecule has 3 aromatic rings. The Kier molecular flexibility index (Phi) is 3.89. The van der Waals surface area contributed by atoms with Crippen molar-refractivity contribution in [2.75, 3.05) is 0 Å². The van der Waals surface area contributed by atoms with Gasteiger partial charge in [0, 0.05) is 10.8 Å². The number of phenols is 2. The zero-order valence-electron chi connectivity index (χ0n) is 12.6. The lowest BCUT2D eigenvalue weighted by atomic mass is 10.0. The highest BCUT2D eigenvalue weighted by molar-refractivity contribution is 6.03. The maximum atomic E-state index is 12.2. The van der Waals surface area contributed by atoms with Gasteiger partial charge in [-0.15, -0.1) is 0 Å². The third-order valence-corrected chi connectivity index (χ3v) is 3.67. The van der Waals surface area contributed by atoms with Crippen molar-refractivity contribution in [1.82, 2.24) is 0 Å². The van der Waals surface area contributed by atoms with Crippen molar-refractivity contribution in [3.8, 4) is 11.5 Å². The van der Waals surface area contributed by atoms with Gasteiger partial charge in [-0.25, -0.2) is 4.79 Å². The van der Waals surface area contributed by atoms with E-state index in [9.17, 15) is 15.0 Å². The summed E-state index contributed by atoms with van der Waals surface area (Å²) in [5.74, 6) is -0.923. The van der Waals surface area contributed by atoms with E-state index in [0.717, 1.165) is 11.1 Å². The molecule has 0 aliphatic rings. The molecule has 0 unspecified atom stereocenters. The fourth-order valence-electron chi connectivity index (χ4n) is 2.46. The molecule has 23 heavy (non-hydrogen) atoms. The average molecular weight is 308 g/mol. The molecule has 4 nitrogen and oxygen atoms in total. The van der Waals surface area contributed by atoms with Crippen LogP contribution in [0.15, 0.2) is 54.6 Å². The summed E-state index contributed by atoms with van der Waals surface area (Å²) in [6.07, 6.45) is 0. The summed E-state index contributed by atoms with van der Waals surface area (Å²) in [4.78, 5) is 12.2. The number of fused-ring (bicyclic) bond motifs is 1. The molecule has 4 heteroatoms. The predicted molar refractivity (Wildman–Crippen MR) is 87.6 cm³/mol. The number of aromatic hydroxyl groups is 2. The maximum Gasteiger partial charge on any atom is 0.342 e. The third kappa shape index (κ3) is 2.97. The second-order valence-electron chi connectivity index (χ2n) is 5.40. The Bertz CT molecular complexity index is 869. The highest BCUT2D eigenvalue weighted by atomic mass is 16.5. The molecule has 3 aromatic carbocycles. The number of aryl methyl sites for hydroxylation is 1. The first-order valence-corrected chi connectivity index (χ1v) is 7.22. The molecule has 3 rings (SSSR count). The normalized spacial score (nSPS) is 10.7. The zero-order valence-corrected chi connectivity index (χ0v) is 12.6. The smallest absolute Gasteiger partial charge is 0.342 e. The van der Waals surface area contributed by atoms with Crippen LogP contribution in [0.3, 0.4) is 0 Å². The lowest BCUT2D eigenvalue weighted by Crippen LogP contribution is -2.06. The molecule has 0 aliphatic heterocycles. The van der Waals surface area contributed by atoms with Crippen molar-refractivity contribution in [2.45, 2.75) is 13.5 Å². The van der Waals surface area contributed by atoms with Gasteiger partial charge < -0.3 is 14.9 Å². The summed E-state index contributed by atoms with van der Waals surface area (Å²) in [6, 6.07) is 15.7. The Hall–Kier alpha value is -3.01. The number of hydrogen-bond donors (Lipinski definition) is 2. The van der Waals surface area contributed by atoms with Gasteiger partial charge in [0.05, 0.1) is 0 Å². The van der Waals surface area contributed by atoms with Crippen molar-refractivity contribution in [3.05, 3.63) is 71.3 Å².